The number of methoxy groups -OCH3 is 3. The number of carbonyl (C=O) groups is 1. The van der Waals surface area contributed by atoms with Gasteiger partial charge in [-0.05, 0) is 21.6 Å². The first-order chi connectivity index (χ1) is 11.6. The van der Waals surface area contributed by atoms with Gasteiger partial charge >= 0.3 is 0 Å². The number of carbonyl (C=O) groups excluding carboxylic acids is 1. The quantitative estimate of drug-likeness (QED) is 0.686. The summed E-state index contributed by atoms with van der Waals surface area (Å²) in [5, 5.41) is 0.851. The van der Waals surface area contributed by atoms with Gasteiger partial charge in [0, 0.05) is 17.4 Å². The maximum absolute atomic E-state index is 12.9. The van der Waals surface area contributed by atoms with Gasteiger partial charge in [0.05, 0.1) is 27.9 Å². The summed E-state index contributed by atoms with van der Waals surface area (Å²) < 4.78 is 21.5. The van der Waals surface area contributed by atoms with E-state index in [0.29, 0.717) is 29.4 Å². The fourth-order valence-corrected chi connectivity index (χ4v) is 3.34. The average Bonchev–Trinajstić information content (AvgIpc) is 2.62. The summed E-state index contributed by atoms with van der Waals surface area (Å²) >= 11 is 0. The molecule has 0 fully saturated rings. The minimum Gasteiger partial charge on any atom is -0.496 e. The van der Waals surface area contributed by atoms with Gasteiger partial charge in [-0.3, -0.25) is 4.79 Å². The van der Waals surface area contributed by atoms with Crippen LogP contribution in [-0.4, -0.2) is 33.5 Å². The second-order valence-corrected chi connectivity index (χ2v) is 6.03. The fourth-order valence-electron chi connectivity index (χ4n) is 2.27. The number of ether oxygens (including phenoxy) is 4. The molecule has 1 unspecified atom stereocenters. The molecule has 128 valence electrons. The van der Waals surface area contributed by atoms with Crippen LogP contribution in [-0.2, 0) is 0 Å². The normalized spacial score (nSPS) is 10.7. The fraction of sp³-hybridized carbons (Fsp3) is 0.278. The minimum absolute atomic E-state index is 0.0847. The topological polar surface area (TPSA) is 54.0 Å². The van der Waals surface area contributed by atoms with Gasteiger partial charge in [0.25, 0.3) is 0 Å². The third kappa shape index (κ3) is 3.98. The van der Waals surface area contributed by atoms with Crippen molar-refractivity contribution < 1.29 is 23.7 Å². The molecule has 0 saturated heterocycles. The van der Waals surface area contributed by atoms with Crippen LogP contribution in [0.25, 0.3) is 0 Å². The molecule has 2 aromatic rings. The summed E-state index contributed by atoms with van der Waals surface area (Å²) in [6, 6.07) is 10.9. The van der Waals surface area contributed by atoms with Gasteiger partial charge in [-0.1, -0.05) is 18.2 Å². The van der Waals surface area contributed by atoms with Crippen LogP contribution in [0.5, 0.6) is 23.0 Å². The lowest BCUT2D eigenvalue weighted by Crippen LogP contribution is -2.08. The molecule has 1 atom stereocenters. The maximum Gasteiger partial charge on any atom is 0.193 e. The summed E-state index contributed by atoms with van der Waals surface area (Å²) in [7, 11) is 4.48. The molecule has 5 nitrogen and oxygen atoms in total. The van der Waals surface area contributed by atoms with Crippen molar-refractivity contribution in [3.63, 3.8) is 0 Å². The Balaban J connectivity index is 2.40. The van der Waals surface area contributed by atoms with E-state index in [1.54, 1.807) is 19.2 Å². The van der Waals surface area contributed by atoms with Crippen molar-refractivity contribution in [1.82, 2.24) is 0 Å². The number of rotatable bonds is 8. The number of para-hydroxylation sites is 1. The van der Waals surface area contributed by atoms with Gasteiger partial charge in [0.15, 0.2) is 5.52 Å². The van der Waals surface area contributed by atoms with Crippen molar-refractivity contribution in [3.05, 3.63) is 42.0 Å². The second-order valence-electron chi connectivity index (χ2n) is 4.79. The van der Waals surface area contributed by atoms with Gasteiger partial charge in [-0.15, -0.1) is 0 Å². The summed E-state index contributed by atoms with van der Waals surface area (Å²) in [6.07, 6.45) is 0. The first kappa shape index (κ1) is 18.1. The standard InChI is InChI=1S/C18H21O5P/c1-5-23-13-8-6-7-9-16(13)24-18(19)17-14(21-3)10-12(20-2)11-15(17)22-4/h6-11,24H,5H2,1-4H3. The van der Waals surface area contributed by atoms with Crippen LogP contribution in [0.1, 0.15) is 17.3 Å². The molecule has 0 aliphatic heterocycles. The van der Waals surface area contributed by atoms with Crippen LogP contribution in [0.15, 0.2) is 36.4 Å². The lowest BCUT2D eigenvalue weighted by Gasteiger charge is -2.15. The van der Waals surface area contributed by atoms with E-state index in [0.717, 1.165) is 11.1 Å². The zero-order valence-electron chi connectivity index (χ0n) is 14.2. The molecule has 0 radical (unpaired) electrons. The van der Waals surface area contributed by atoms with Crippen LogP contribution < -0.4 is 24.3 Å². The number of hydrogen-bond donors (Lipinski definition) is 0. The van der Waals surface area contributed by atoms with Gasteiger partial charge in [-0.25, -0.2) is 0 Å². The zero-order chi connectivity index (χ0) is 17.5. The molecule has 2 rings (SSSR count). The first-order valence-corrected chi connectivity index (χ1v) is 8.47. The highest BCUT2D eigenvalue weighted by Gasteiger charge is 2.21. The van der Waals surface area contributed by atoms with E-state index in [1.807, 2.05) is 31.2 Å². The molecule has 0 N–H and O–H groups in total. The Kier molecular flexibility index (Phi) is 6.44. The van der Waals surface area contributed by atoms with E-state index in [-0.39, 0.29) is 14.1 Å². The van der Waals surface area contributed by atoms with Gasteiger partial charge in [0.1, 0.15) is 28.6 Å². The second kappa shape index (κ2) is 8.55. The highest BCUT2D eigenvalue weighted by Crippen LogP contribution is 2.38. The Morgan fingerprint density at radius 2 is 1.58 bits per heavy atom. The Bertz CT molecular complexity index is 689. The Labute approximate surface area is 143 Å². The van der Waals surface area contributed by atoms with E-state index in [1.165, 1.54) is 14.2 Å². The van der Waals surface area contributed by atoms with E-state index >= 15 is 0 Å². The predicted molar refractivity (Wildman–Crippen MR) is 96.0 cm³/mol. The molecule has 24 heavy (non-hydrogen) atoms. The SMILES string of the molecule is CCOc1ccccc1PC(=O)c1c(OC)cc(OC)cc1OC. The van der Waals surface area contributed by atoms with E-state index in [9.17, 15) is 4.79 Å². The smallest absolute Gasteiger partial charge is 0.193 e. The lowest BCUT2D eigenvalue weighted by molar-refractivity contribution is 0.108. The third-order valence-corrected chi connectivity index (χ3v) is 4.54. The largest absolute Gasteiger partial charge is 0.496 e. The molecule has 0 saturated carbocycles. The van der Waals surface area contributed by atoms with Crippen molar-refractivity contribution in [1.29, 1.82) is 0 Å². The van der Waals surface area contributed by atoms with Crippen molar-refractivity contribution >= 4 is 19.4 Å². The van der Waals surface area contributed by atoms with Crippen LogP contribution in [0.2, 0.25) is 0 Å². The highest BCUT2D eigenvalue weighted by molar-refractivity contribution is 7.66. The average molecular weight is 348 g/mol. The lowest BCUT2D eigenvalue weighted by atomic mass is 10.2. The first-order valence-electron chi connectivity index (χ1n) is 7.47. The van der Waals surface area contributed by atoms with Gasteiger partial charge < -0.3 is 18.9 Å². The van der Waals surface area contributed by atoms with E-state index in [4.69, 9.17) is 18.9 Å². The molecule has 6 heteroatoms. The molecule has 0 aromatic heterocycles. The molecule has 0 heterocycles. The summed E-state index contributed by atoms with van der Waals surface area (Å²) in [5.41, 5.74) is 0.323. The predicted octanol–water partition coefficient (Wildman–Crippen LogP) is 3.26. The Hall–Kier alpha value is -2.26. The molecular formula is C18H21O5P. The molecule has 0 aliphatic carbocycles. The van der Waals surface area contributed by atoms with Gasteiger partial charge in [0.2, 0.25) is 0 Å². The molecular weight excluding hydrogens is 327 g/mol. The molecule has 0 amide bonds. The number of hydrogen-bond acceptors (Lipinski definition) is 5. The van der Waals surface area contributed by atoms with Crippen molar-refractivity contribution in [2.24, 2.45) is 0 Å². The Morgan fingerprint density at radius 3 is 2.12 bits per heavy atom. The highest BCUT2D eigenvalue weighted by atomic mass is 31.1. The summed E-state index contributed by atoms with van der Waals surface area (Å²) in [6.45, 7) is 2.46. The van der Waals surface area contributed by atoms with Crippen LogP contribution in [0.4, 0.5) is 0 Å². The summed E-state index contributed by atoms with van der Waals surface area (Å²) in [4.78, 5) is 12.9. The van der Waals surface area contributed by atoms with Crippen LogP contribution in [0.3, 0.4) is 0 Å². The zero-order valence-corrected chi connectivity index (χ0v) is 15.2. The van der Waals surface area contributed by atoms with Crippen LogP contribution >= 0.6 is 8.58 Å². The van der Waals surface area contributed by atoms with Gasteiger partial charge in [-0.2, -0.15) is 0 Å². The van der Waals surface area contributed by atoms with E-state index < -0.39 is 0 Å². The number of benzene rings is 2. The molecule has 0 aliphatic rings. The van der Waals surface area contributed by atoms with Crippen molar-refractivity contribution in [3.8, 4) is 23.0 Å². The Morgan fingerprint density at radius 1 is 0.958 bits per heavy atom. The maximum atomic E-state index is 12.9. The van der Waals surface area contributed by atoms with Crippen molar-refractivity contribution in [2.45, 2.75) is 6.92 Å². The van der Waals surface area contributed by atoms with Crippen molar-refractivity contribution in [2.75, 3.05) is 27.9 Å². The molecule has 0 spiro atoms. The minimum atomic E-state index is -0.104. The monoisotopic (exact) mass is 348 g/mol. The summed E-state index contributed by atoms with van der Waals surface area (Å²) in [5.74, 6) is 2.15. The third-order valence-electron chi connectivity index (χ3n) is 3.38. The van der Waals surface area contributed by atoms with E-state index in [2.05, 4.69) is 0 Å². The molecule has 0 bridgehead atoms. The van der Waals surface area contributed by atoms with Crippen LogP contribution in [0, 0.1) is 0 Å². The molecule has 2 aromatic carbocycles.